The molecule has 0 spiro atoms. The van der Waals surface area contributed by atoms with Gasteiger partial charge in [0.25, 0.3) is 5.69 Å². The monoisotopic (exact) mass is 293 g/mol. The van der Waals surface area contributed by atoms with Crippen LogP contribution in [-0.2, 0) is 4.79 Å². The molecule has 0 atom stereocenters. The third kappa shape index (κ3) is 3.99. The average Bonchev–Trinajstić information content (AvgIpc) is 2.37. The van der Waals surface area contributed by atoms with Gasteiger partial charge in [0.2, 0.25) is 5.91 Å². The molecular formula is C14H19N3O4. The van der Waals surface area contributed by atoms with Gasteiger partial charge >= 0.3 is 0 Å². The predicted octanol–water partition coefficient (Wildman–Crippen LogP) is 1.38. The summed E-state index contributed by atoms with van der Waals surface area (Å²) < 4.78 is 0. The van der Waals surface area contributed by atoms with Crippen LogP contribution >= 0.6 is 0 Å². The number of aliphatic hydroxyl groups excluding tert-OH is 1. The lowest BCUT2D eigenvalue weighted by molar-refractivity contribution is -0.383. The Hall–Kier alpha value is -1.99. The molecule has 0 radical (unpaired) electrons. The van der Waals surface area contributed by atoms with Gasteiger partial charge in [-0.3, -0.25) is 19.8 Å². The number of nitro groups is 1. The van der Waals surface area contributed by atoms with Crippen molar-refractivity contribution in [2.75, 3.05) is 25.0 Å². The van der Waals surface area contributed by atoms with E-state index in [-0.39, 0.29) is 30.4 Å². The maximum absolute atomic E-state index is 12.1. The molecule has 1 aliphatic rings. The largest absolute Gasteiger partial charge is 0.395 e. The number of carbonyl (C=O) groups is 1. The zero-order valence-corrected chi connectivity index (χ0v) is 11.7. The molecule has 1 saturated carbocycles. The minimum atomic E-state index is -0.521. The molecule has 1 fully saturated rings. The Bertz CT molecular complexity index is 517. The summed E-state index contributed by atoms with van der Waals surface area (Å²) in [5.74, 6) is -0.301. The molecule has 1 aromatic rings. The summed E-state index contributed by atoms with van der Waals surface area (Å²) in [7, 11) is 0. The number of hydrogen-bond acceptors (Lipinski definition) is 5. The summed E-state index contributed by atoms with van der Waals surface area (Å²) in [6.45, 7) is 0.571. The van der Waals surface area contributed by atoms with Crippen LogP contribution in [0.5, 0.6) is 0 Å². The van der Waals surface area contributed by atoms with Crippen LogP contribution in [0.2, 0.25) is 0 Å². The van der Waals surface area contributed by atoms with Gasteiger partial charge < -0.3 is 10.4 Å². The Morgan fingerprint density at radius 3 is 2.71 bits per heavy atom. The third-order valence-corrected chi connectivity index (χ3v) is 3.70. The third-order valence-electron chi connectivity index (χ3n) is 3.70. The van der Waals surface area contributed by atoms with Gasteiger partial charge in [0.15, 0.2) is 0 Å². The van der Waals surface area contributed by atoms with Crippen molar-refractivity contribution < 1.29 is 14.8 Å². The van der Waals surface area contributed by atoms with Crippen molar-refractivity contribution in [2.24, 2.45) is 0 Å². The molecule has 114 valence electrons. The average molecular weight is 293 g/mol. The molecule has 1 aliphatic carbocycles. The number of para-hydroxylation sites is 2. The number of anilines is 1. The first kappa shape index (κ1) is 15.4. The summed E-state index contributed by atoms with van der Waals surface area (Å²) in [6.07, 6.45) is 3.19. The summed E-state index contributed by atoms with van der Waals surface area (Å²) >= 11 is 0. The van der Waals surface area contributed by atoms with Crippen LogP contribution in [0.3, 0.4) is 0 Å². The minimum absolute atomic E-state index is 0.00470. The van der Waals surface area contributed by atoms with E-state index in [2.05, 4.69) is 5.32 Å². The SMILES string of the molecule is O=C(CN(CCO)C1CCC1)Nc1ccccc1[N+](=O)[O-]. The highest BCUT2D eigenvalue weighted by Crippen LogP contribution is 2.25. The van der Waals surface area contributed by atoms with Crippen molar-refractivity contribution >= 4 is 17.3 Å². The van der Waals surface area contributed by atoms with Crippen LogP contribution in [-0.4, -0.2) is 46.6 Å². The zero-order chi connectivity index (χ0) is 15.2. The van der Waals surface area contributed by atoms with Gasteiger partial charge in [-0.25, -0.2) is 0 Å². The lowest BCUT2D eigenvalue weighted by atomic mass is 9.91. The number of nitrogens with one attached hydrogen (secondary N) is 1. The highest BCUT2D eigenvalue weighted by atomic mass is 16.6. The first-order valence-corrected chi connectivity index (χ1v) is 7.00. The Labute approximate surface area is 122 Å². The summed E-state index contributed by atoms with van der Waals surface area (Å²) in [6, 6.07) is 6.39. The highest BCUT2D eigenvalue weighted by molar-refractivity contribution is 5.94. The fourth-order valence-electron chi connectivity index (χ4n) is 2.38. The van der Waals surface area contributed by atoms with Gasteiger partial charge in [0.05, 0.1) is 18.1 Å². The lowest BCUT2D eigenvalue weighted by Gasteiger charge is -2.36. The standard InChI is InChI=1S/C14H19N3O4/c18-9-8-16(11-4-3-5-11)10-14(19)15-12-6-1-2-7-13(12)17(20)21/h1-2,6-7,11,18H,3-5,8-10H2,(H,15,19). The van der Waals surface area contributed by atoms with Crippen molar-refractivity contribution in [1.29, 1.82) is 0 Å². The van der Waals surface area contributed by atoms with Crippen LogP contribution in [0.1, 0.15) is 19.3 Å². The van der Waals surface area contributed by atoms with Crippen molar-refractivity contribution in [3.8, 4) is 0 Å². The molecule has 7 nitrogen and oxygen atoms in total. The summed E-state index contributed by atoms with van der Waals surface area (Å²) in [5.41, 5.74) is 0.0771. The zero-order valence-electron chi connectivity index (χ0n) is 11.7. The maximum Gasteiger partial charge on any atom is 0.292 e. The second-order valence-corrected chi connectivity index (χ2v) is 5.10. The summed E-state index contributed by atoms with van der Waals surface area (Å²) in [4.78, 5) is 24.4. The number of nitrogens with zero attached hydrogens (tertiary/aromatic N) is 2. The molecule has 0 saturated heterocycles. The number of benzene rings is 1. The number of carbonyl (C=O) groups excluding carboxylic acids is 1. The van der Waals surface area contributed by atoms with E-state index in [0.717, 1.165) is 19.3 Å². The van der Waals surface area contributed by atoms with E-state index in [1.54, 1.807) is 12.1 Å². The normalized spacial score (nSPS) is 14.8. The first-order valence-electron chi connectivity index (χ1n) is 7.00. The number of aliphatic hydroxyl groups is 1. The first-order chi connectivity index (χ1) is 10.1. The Morgan fingerprint density at radius 2 is 2.14 bits per heavy atom. The van der Waals surface area contributed by atoms with Crippen molar-refractivity contribution in [3.05, 3.63) is 34.4 Å². The van der Waals surface area contributed by atoms with Gasteiger partial charge in [0.1, 0.15) is 5.69 Å². The number of rotatable bonds is 7. The molecule has 2 N–H and O–H groups in total. The second kappa shape index (κ2) is 7.14. The highest BCUT2D eigenvalue weighted by Gasteiger charge is 2.26. The van der Waals surface area contributed by atoms with E-state index in [1.807, 2.05) is 4.90 Å². The molecule has 7 heteroatoms. The number of amides is 1. The Balaban J connectivity index is 1.98. The van der Waals surface area contributed by atoms with E-state index in [9.17, 15) is 14.9 Å². The molecule has 0 bridgehead atoms. The summed E-state index contributed by atoms with van der Waals surface area (Å²) in [5, 5.41) is 22.5. The fraction of sp³-hybridized carbons (Fsp3) is 0.500. The van der Waals surface area contributed by atoms with E-state index in [1.165, 1.54) is 12.1 Å². The predicted molar refractivity (Wildman–Crippen MR) is 78.0 cm³/mol. The second-order valence-electron chi connectivity index (χ2n) is 5.10. The van der Waals surface area contributed by atoms with Crippen LogP contribution in [0.15, 0.2) is 24.3 Å². The molecule has 1 amide bonds. The molecule has 21 heavy (non-hydrogen) atoms. The van der Waals surface area contributed by atoms with Gasteiger partial charge in [0, 0.05) is 18.7 Å². The van der Waals surface area contributed by atoms with Gasteiger partial charge in [-0.15, -0.1) is 0 Å². The minimum Gasteiger partial charge on any atom is -0.395 e. The van der Waals surface area contributed by atoms with E-state index < -0.39 is 4.92 Å². The van der Waals surface area contributed by atoms with Crippen molar-refractivity contribution in [2.45, 2.75) is 25.3 Å². The Morgan fingerprint density at radius 1 is 1.43 bits per heavy atom. The molecule has 0 heterocycles. The lowest BCUT2D eigenvalue weighted by Crippen LogP contribution is -2.45. The molecular weight excluding hydrogens is 274 g/mol. The quantitative estimate of drug-likeness (QED) is 0.585. The van der Waals surface area contributed by atoms with Gasteiger partial charge in [-0.05, 0) is 18.9 Å². The van der Waals surface area contributed by atoms with E-state index in [0.29, 0.717) is 12.6 Å². The van der Waals surface area contributed by atoms with Gasteiger partial charge in [-0.1, -0.05) is 18.6 Å². The smallest absolute Gasteiger partial charge is 0.292 e. The van der Waals surface area contributed by atoms with Crippen LogP contribution < -0.4 is 5.32 Å². The van der Waals surface area contributed by atoms with Crippen molar-refractivity contribution in [3.63, 3.8) is 0 Å². The van der Waals surface area contributed by atoms with Gasteiger partial charge in [-0.2, -0.15) is 0 Å². The van der Waals surface area contributed by atoms with E-state index >= 15 is 0 Å². The van der Waals surface area contributed by atoms with E-state index in [4.69, 9.17) is 5.11 Å². The van der Waals surface area contributed by atoms with Crippen LogP contribution in [0.25, 0.3) is 0 Å². The fourth-order valence-corrected chi connectivity index (χ4v) is 2.38. The maximum atomic E-state index is 12.1. The molecule has 1 aromatic carbocycles. The number of hydrogen-bond donors (Lipinski definition) is 2. The number of nitro benzene ring substituents is 1. The van der Waals surface area contributed by atoms with Crippen LogP contribution in [0, 0.1) is 10.1 Å². The molecule has 2 rings (SSSR count). The Kier molecular flexibility index (Phi) is 5.24. The van der Waals surface area contributed by atoms with Crippen LogP contribution in [0.4, 0.5) is 11.4 Å². The molecule has 0 aromatic heterocycles. The topological polar surface area (TPSA) is 95.7 Å². The van der Waals surface area contributed by atoms with Crippen molar-refractivity contribution in [1.82, 2.24) is 4.90 Å². The molecule has 0 unspecified atom stereocenters. The molecule has 0 aliphatic heterocycles.